The van der Waals surface area contributed by atoms with E-state index < -0.39 is 5.41 Å². The van der Waals surface area contributed by atoms with Crippen molar-refractivity contribution >= 4 is 11.8 Å². The summed E-state index contributed by atoms with van der Waals surface area (Å²) in [6.45, 7) is 8.85. The molecule has 0 spiro atoms. The third kappa shape index (κ3) is 4.88. The van der Waals surface area contributed by atoms with E-state index in [1.807, 2.05) is 45.9 Å². The van der Waals surface area contributed by atoms with Crippen LogP contribution in [0.3, 0.4) is 0 Å². The predicted octanol–water partition coefficient (Wildman–Crippen LogP) is 2.19. The van der Waals surface area contributed by atoms with Crippen LogP contribution in [-0.2, 0) is 9.59 Å². The van der Waals surface area contributed by atoms with Gasteiger partial charge in [0.2, 0.25) is 11.8 Å². The summed E-state index contributed by atoms with van der Waals surface area (Å²) in [6.07, 6.45) is 0.247. The maximum Gasteiger partial charge on any atom is 0.225 e. The highest BCUT2D eigenvalue weighted by atomic mass is 16.6. The number of fused-ring (bicyclic) bond motifs is 1. The van der Waals surface area contributed by atoms with Crippen LogP contribution < -0.4 is 20.1 Å². The summed E-state index contributed by atoms with van der Waals surface area (Å²) < 4.78 is 11.0. The summed E-state index contributed by atoms with van der Waals surface area (Å²) in [4.78, 5) is 23.8. The number of rotatable bonds is 5. The lowest BCUT2D eigenvalue weighted by Crippen LogP contribution is -2.37. The van der Waals surface area contributed by atoms with Gasteiger partial charge in [0.1, 0.15) is 13.2 Å². The van der Waals surface area contributed by atoms with Gasteiger partial charge in [0.05, 0.1) is 6.04 Å². The standard InChI is InChI=1S/C18H26N2O4/c1-12(13-5-6-14-15(11-13)24-10-9-23-14)20-16(21)7-8-19-17(22)18(2,3)4/h5-6,11-12H,7-10H2,1-4H3,(H,19,22)(H,20,21). The van der Waals surface area contributed by atoms with Gasteiger partial charge in [-0.15, -0.1) is 0 Å². The fraction of sp³-hybridized carbons (Fsp3) is 0.556. The molecule has 1 aromatic carbocycles. The Morgan fingerprint density at radius 1 is 1.17 bits per heavy atom. The molecule has 1 aliphatic rings. The molecule has 0 fully saturated rings. The van der Waals surface area contributed by atoms with E-state index in [1.54, 1.807) is 0 Å². The summed E-state index contributed by atoms with van der Waals surface area (Å²) in [6, 6.07) is 5.52. The van der Waals surface area contributed by atoms with Gasteiger partial charge in [0.15, 0.2) is 11.5 Å². The van der Waals surface area contributed by atoms with Crippen LogP contribution in [0.15, 0.2) is 18.2 Å². The molecule has 24 heavy (non-hydrogen) atoms. The van der Waals surface area contributed by atoms with E-state index in [9.17, 15) is 9.59 Å². The lowest BCUT2D eigenvalue weighted by atomic mass is 9.96. The van der Waals surface area contributed by atoms with Crippen molar-refractivity contribution in [2.45, 2.75) is 40.2 Å². The van der Waals surface area contributed by atoms with Crippen LogP contribution in [0.25, 0.3) is 0 Å². The lowest BCUT2D eigenvalue weighted by molar-refractivity contribution is -0.128. The minimum atomic E-state index is -0.449. The monoisotopic (exact) mass is 334 g/mol. The topological polar surface area (TPSA) is 76.7 Å². The van der Waals surface area contributed by atoms with Gasteiger partial charge in [0.25, 0.3) is 0 Å². The quantitative estimate of drug-likeness (QED) is 0.865. The summed E-state index contributed by atoms with van der Waals surface area (Å²) in [5.41, 5.74) is 0.501. The van der Waals surface area contributed by atoms with Crippen molar-refractivity contribution in [1.82, 2.24) is 10.6 Å². The fourth-order valence-corrected chi connectivity index (χ4v) is 2.28. The summed E-state index contributed by atoms with van der Waals surface area (Å²) in [5.74, 6) is 1.27. The Labute approximate surface area is 142 Å². The molecule has 1 aliphatic heterocycles. The maximum absolute atomic E-state index is 12.0. The number of nitrogens with one attached hydrogen (secondary N) is 2. The third-order valence-corrected chi connectivity index (χ3v) is 3.76. The zero-order valence-corrected chi connectivity index (χ0v) is 14.8. The van der Waals surface area contributed by atoms with Gasteiger partial charge < -0.3 is 20.1 Å². The number of benzene rings is 1. The molecule has 0 saturated heterocycles. The van der Waals surface area contributed by atoms with Crippen molar-refractivity contribution in [2.24, 2.45) is 5.41 Å². The van der Waals surface area contributed by atoms with Crippen LogP contribution in [0, 0.1) is 5.41 Å². The second-order valence-electron chi connectivity index (χ2n) is 6.95. The highest BCUT2D eigenvalue weighted by molar-refractivity contribution is 5.82. The first-order chi connectivity index (χ1) is 11.3. The number of hydrogen-bond donors (Lipinski definition) is 2. The van der Waals surface area contributed by atoms with Gasteiger partial charge in [-0.2, -0.15) is 0 Å². The van der Waals surface area contributed by atoms with Crippen molar-refractivity contribution in [1.29, 1.82) is 0 Å². The molecule has 1 unspecified atom stereocenters. The van der Waals surface area contributed by atoms with Gasteiger partial charge in [-0.1, -0.05) is 26.8 Å². The van der Waals surface area contributed by atoms with Crippen molar-refractivity contribution in [3.8, 4) is 11.5 Å². The molecule has 1 heterocycles. The average molecular weight is 334 g/mol. The van der Waals surface area contributed by atoms with Gasteiger partial charge in [-0.25, -0.2) is 0 Å². The third-order valence-electron chi connectivity index (χ3n) is 3.76. The largest absolute Gasteiger partial charge is 0.486 e. The number of ether oxygens (including phenoxy) is 2. The van der Waals surface area contributed by atoms with Crippen molar-refractivity contribution < 1.29 is 19.1 Å². The number of hydrogen-bond acceptors (Lipinski definition) is 4. The Balaban J connectivity index is 1.82. The number of amides is 2. The summed E-state index contributed by atoms with van der Waals surface area (Å²) in [5, 5.41) is 5.70. The van der Waals surface area contributed by atoms with Crippen LogP contribution in [0.5, 0.6) is 11.5 Å². The van der Waals surface area contributed by atoms with Gasteiger partial charge in [0, 0.05) is 18.4 Å². The SMILES string of the molecule is CC(NC(=O)CCNC(=O)C(C)(C)C)c1ccc2c(c1)OCCO2. The zero-order valence-electron chi connectivity index (χ0n) is 14.8. The van der Waals surface area contributed by atoms with Crippen LogP contribution in [0.1, 0.15) is 45.7 Å². The molecule has 0 aliphatic carbocycles. The Hall–Kier alpha value is -2.24. The van der Waals surface area contributed by atoms with E-state index >= 15 is 0 Å². The Morgan fingerprint density at radius 3 is 2.50 bits per heavy atom. The molecule has 132 valence electrons. The van der Waals surface area contributed by atoms with Crippen LogP contribution in [0.2, 0.25) is 0 Å². The molecular weight excluding hydrogens is 308 g/mol. The molecular formula is C18H26N2O4. The zero-order chi connectivity index (χ0) is 17.7. The van der Waals surface area contributed by atoms with E-state index in [0.29, 0.717) is 25.5 Å². The molecule has 6 nitrogen and oxygen atoms in total. The molecule has 6 heteroatoms. The Kier molecular flexibility index (Phi) is 5.70. The molecule has 2 N–H and O–H groups in total. The lowest BCUT2D eigenvalue weighted by Gasteiger charge is -2.21. The molecule has 0 bridgehead atoms. The van der Waals surface area contributed by atoms with Crippen molar-refractivity contribution in [3.05, 3.63) is 23.8 Å². The van der Waals surface area contributed by atoms with Gasteiger partial charge in [-0.05, 0) is 24.6 Å². The fourth-order valence-electron chi connectivity index (χ4n) is 2.28. The van der Waals surface area contributed by atoms with E-state index in [-0.39, 0.29) is 24.3 Å². The van der Waals surface area contributed by atoms with Gasteiger partial charge in [-0.3, -0.25) is 9.59 Å². The molecule has 0 aromatic heterocycles. The van der Waals surface area contributed by atoms with Crippen LogP contribution >= 0.6 is 0 Å². The molecule has 1 atom stereocenters. The number of carbonyl (C=O) groups excluding carboxylic acids is 2. The predicted molar refractivity (Wildman–Crippen MR) is 91.1 cm³/mol. The first-order valence-electron chi connectivity index (χ1n) is 8.24. The average Bonchev–Trinajstić information content (AvgIpc) is 2.53. The van der Waals surface area contributed by atoms with Crippen molar-refractivity contribution in [3.63, 3.8) is 0 Å². The van der Waals surface area contributed by atoms with E-state index in [0.717, 1.165) is 11.3 Å². The minimum absolute atomic E-state index is 0.0600. The van der Waals surface area contributed by atoms with E-state index in [2.05, 4.69) is 10.6 Å². The molecule has 0 radical (unpaired) electrons. The van der Waals surface area contributed by atoms with Crippen LogP contribution in [-0.4, -0.2) is 31.6 Å². The highest BCUT2D eigenvalue weighted by Crippen LogP contribution is 2.32. The second-order valence-corrected chi connectivity index (χ2v) is 6.95. The second kappa shape index (κ2) is 7.55. The molecule has 1 aromatic rings. The Bertz CT molecular complexity index is 608. The summed E-state index contributed by atoms with van der Waals surface area (Å²) in [7, 11) is 0. The molecule has 0 saturated carbocycles. The normalized spacial score (nSPS) is 14.7. The molecule has 2 amide bonds. The maximum atomic E-state index is 12.0. The van der Waals surface area contributed by atoms with Crippen molar-refractivity contribution in [2.75, 3.05) is 19.8 Å². The van der Waals surface area contributed by atoms with E-state index in [4.69, 9.17) is 9.47 Å². The molecule has 2 rings (SSSR count). The first-order valence-corrected chi connectivity index (χ1v) is 8.24. The van der Waals surface area contributed by atoms with Crippen LogP contribution in [0.4, 0.5) is 0 Å². The highest BCUT2D eigenvalue weighted by Gasteiger charge is 2.21. The summed E-state index contributed by atoms with van der Waals surface area (Å²) >= 11 is 0. The number of carbonyl (C=O) groups is 2. The first kappa shape index (κ1) is 18.1. The van der Waals surface area contributed by atoms with Gasteiger partial charge >= 0.3 is 0 Å². The van der Waals surface area contributed by atoms with E-state index in [1.165, 1.54) is 0 Å². The smallest absolute Gasteiger partial charge is 0.225 e. The minimum Gasteiger partial charge on any atom is -0.486 e. The Morgan fingerprint density at radius 2 is 1.83 bits per heavy atom.